The molecule has 2 heteroatoms. The molecule has 1 aromatic carbocycles. The standard InChI is InChI=1S/C17H28N2/c1-12-9-13(2)17(14(3)10-12)15(4)19(5)16-7-6-8-18-11-16/h9-10,15-16,18H,6-8,11H2,1-5H3. The highest BCUT2D eigenvalue weighted by molar-refractivity contribution is 5.39. The van der Waals surface area contributed by atoms with E-state index in [0.717, 1.165) is 6.54 Å². The molecule has 0 aliphatic carbocycles. The Kier molecular flexibility index (Phi) is 4.64. The van der Waals surface area contributed by atoms with Crippen LogP contribution >= 0.6 is 0 Å². The van der Waals surface area contributed by atoms with E-state index >= 15 is 0 Å². The predicted octanol–water partition coefficient (Wildman–Crippen LogP) is 3.36. The van der Waals surface area contributed by atoms with Crippen LogP contribution < -0.4 is 5.32 Å². The first kappa shape index (κ1) is 14.5. The number of piperidine rings is 1. The Balaban J connectivity index is 2.20. The second kappa shape index (κ2) is 6.06. The largest absolute Gasteiger partial charge is 0.315 e. The van der Waals surface area contributed by atoms with Crippen molar-refractivity contribution in [2.24, 2.45) is 0 Å². The minimum Gasteiger partial charge on any atom is -0.315 e. The van der Waals surface area contributed by atoms with Crippen LogP contribution in [0.4, 0.5) is 0 Å². The van der Waals surface area contributed by atoms with Gasteiger partial charge in [0.1, 0.15) is 0 Å². The molecule has 0 aromatic heterocycles. The fourth-order valence-corrected chi connectivity index (χ4v) is 3.55. The smallest absolute Gasteiger partial charge is 0.0325 e. The molecule has 1 aliphatic heterocycles. The lowest BCUT2D eigenvalue weighted by atomic mass is 9.92. The highest BCUT2D eigenvalue weighted by atomic mass is 15.2. The molecule has 0 spiro atoms. The van der Waals surface area contributed by atoms with Crippen LogP contribution in [0.25, 0.3) is 0 Å². The zero-order valence-electron chi connectivity index (χ0n) is 13.1. The fourth-order valence-electron chi connectivity index (χ4n) is 3.55. The molecule has 1 aliphatic rings. The molecule has 2 unspecified atom stereocenters. The third-order valence-electron chi connectivity index (χ3n) is 4.61. The molecule has 2 rings (SSSR count). The Labute approximate surface area is 118 Å². The lowest BCUT2D eigenvalue weighted by Gasteiger charge is -2.37. The van der Waals surface area contributed by atoms with Crippen LogP contribution in [0.2, 0.25) is 0 Å². The first-order chi connectivity index (χ1) is 9.00. The fraction of sp³-hybridized carbons (Fsp3) is 0.647. The topological polar surface area (TPSA) is 15.3 Å². The van der Waals surface area contributed by atoms with Gasteiger partial charge in [-0.2, -0.15) is 0 Å². The van der Waals surface area contributed by atoms with E-state index in [1.165, 1.54) is 41.6 Å². The number of nitrogens with one attached hydrogen (secondary N) is 1. The molecule has 1 fully saturated rings. The van der Waals surface area contributed by atoms with Gasteiger partial charge in [0.05, 0.1) is 0 Å². The average Bonchev–Trinajstić information content (AvgIpc) is 2.37. The van der Waals surface area contributed by atoms with Crippen molar-refractivity contribution in [3.05, 3.63) is 34.4 Å². The van der Waals surface area contributed by atoms with Gasteiger partial charge in [0.2, 0.25) is 0 Å². The Morgan fingerprint density at radius 1 is 1.21 bits per heavy atom. The number of likely N-dealkylation sites (N-methyl/N-ethyl adjacent to an activating group) is 1. The lowest BCUT2D eigenvalue weighted by molar-refractivity contribution is 0.155. The SMILES string of the molecule is Cc1cc(C)c(C(C)N(C)C2CCCNC2)c(C)c1. The highest BCUT2D eigenvalue weighted by Gasteiger charge is 2.24. The molecule has 106 valence electrons. The molecule has 1 saturated heterocycles. The number of nitrogens with zero attached hydrogens (tertiary/aromatic N) is 1. The number of rotatable bonds is 3. The van der Waals surface area contributed by atoms with Crippen LogP contribution in [0.1, 0.15) is 48.1 Å². The van der Waals surface area contributed by atoms with Crippen LogP contribution in [-0.4, -0.2) is 31.1 Å². The Bertz CT molecular complexity index is 410. The number of hydrogen-bond acceptors (Lipinski definition) is 2. The highest BCUT2D eigenvalue weighted by Crippen LogP contribution is 2.29. The molecule has 0 radical (unpaired) electrons. The van der Waals surface area contributed by atoms with Crippen LogP contribution in [-0.2, 0) is 0 Å². The van der Waals surface area contributed by atoms with E-state index in [1.54, 1.807) is 0 Å². The summed E-state index contributed by atoms with van der Waals surface area (Å²) in [6, 6.07) is 5.78. The van der Waals surface area contributed by atoms with Crippen LogP contribution in [0.15, 0.2) is 12.1 Å². The summed E-state index contributed by atoms with van der Waals surface area (Å²) in [7, 11) is 2.28. The molecular weight excluding hydrogens is 232 g/mol. The summed E-state index contributed by atoms with van der Waals surface area (Å²) in [4.78, 5) is 2.55. The van der Waals surface area contributed by atoms with Crippen LogP contribution in [0.3, 0.4) is 0 Å². The molecule has 0 bridgehead atoms. The van der Waals surface area contributed by atoms with Crippen molar-refractivity contribution in [3.63, 3.8) is 0 Å². The van der Waals surface area contributed by atoms with E-state index in [2.05, 4.69) is 57.1 Å². The normalized spacial score (nSPS) is 21.7. The van der Waals surface area contributed by atoms with Gasteiger partial charge in [0.15, 0.2) is 0 Å². The molecule has 1 aromatic rings. The van der Waals surface area contributed by atoms with Crippen molar-refractivity contribution in [2.75, 3.05) is 20.1 Å². The lowest BCUT2D eigenvalue weighted by Crippen LogP contribution is -2.45. The summed E-state index contributed by atoms with van der Waals surface area (Å²) in [5, 5.41) is 3.52. The molecule has 2 atom stereocenters. The molecule has 0 amide bonds. The van der Waals surface area contributed by atoms with Gasteiger partial charge >= 0.3 is 0 Å². The summed E-state index contributed by atoms with van der Waals surface area (Å²) in [5.74, 6) is 0. The van der Waals surface area contributed by atoms with Crippen molar-refractivity contribution in [1.29, 1.82) is 0 Å². The minimum absolute atomic E-state index is 0.491. The predicted molar refractivity (Wildman–Crippen MR) is 82.7 cm³/mol. The Hall–Kier alpha value is -0.860. The number of benzene rings is 1. The van der Waals surface area contributed by atoms with Crippen molar-refractivity contribution in [3.8, 4) is 0 Å². The van der Waals surface area contributed by atoms with Crippen LogP contribution in [0.5, 0.6) is 0 Å². The first-order valence-corrected chi connectivity index (χ1v) is 7.51. The number of hydrogen-bond donors (Lipinski definition) is 1. The van der Waals surface area contributed by atoms with E-state index in [-0.39, 0.29) is 0 Å². The van der Waals surface area contributed by atoms with Gasteiger partial charge in [0.25, 0.3) is 0 Å². The zero-order valence-corrected chi connectivity index (χ0v) is 13.1. The quantitative estimate of drug-likeness (QED) is 0.896. The van der Waals surface area contributed by atoms with E-state index in [1.807, 2.05) is 0 Å². The summed E-state index contributed by atoms with van der Waals surface area (Å²) in [5.41, 5.74) is 5.74. The summed E-state index contributed by atoms with van der Waals surface area (Å²) in [6.07, 6.45) is 2.62. The maximum Gasteiger partial charge on any atom is 0.0325 e. The second-order valence-corrected chi connectivity index (χ2v) is 6.15. The summed E-state index contributed by atoms with van der Waals surface area (Å²) < 4.78 is 0. The summed E-state index contributed by atoms with van der Waals surface area (Å²) in [6.45, 7) is 11.3. The van der Waals surface area contributed by atoms with Gasteiger partial charge in [-0.25, -0.2) is 0 Å². The molecule has 0 saturated carbocycles. The third kappa shape index (κ3) is 3.18. The van der Waals surface area contributed by atoms with Crippen LogP contribution in [0, 0.1) is 20.8 Å². The maximum absolute atomic E-state index is 3.52. The van der Waals surface area contributed by atoms with E-state index in [0.29, 0.717) is 12.1 Å². The third-order valence-corrected chi connectivity index (χ3v) is 4.61. The van der Waals surface area contributed by atoms with E-state index in [4.69, 9.17) is 0 Å². The van der Waals surface area contributed by atoms with Gasteiger partial charge in [-0.05, 0) is 70.8 Å². The van der Waals surface area contributed by atoms with Gasteiger partial charge in [-0.15, -0.1) is 0 Å². The molecule has 1 heterocycles. The zero-order chi connectivity index (χ0) is 14.0. The number of aryl methyl sites for hydroxylation is 3. The van der Waals surface area contributed by atoms with Crippen molar-refractivity contribution < 1.29 is 0 Å². The van der Waals surface area contributed by atoms with Gasteiger partial charge < -0.3 is 5.32 Å². The second-order valence-electron chi connectivity index (χ2n) is 6.15. The van der Waals surface area contributed by atoms with Gasteiger partial charge in [-0.3, -0.25) is 4.90 Å². The average molecular weight is 260 g/mol. The molecule has 1 N–H and O–H groups in total. The molecular formula is C17H28N2. The molecule has 19 heavy (non-hydrogen) atoms. The minimum atomic E-state index is 0.491. The monoisotopic (exact) mass is 260 g/mol. The van der Waals surface area contributed by atoms with Gasteiger partial charge in [0, 0.05) is 18.6 Å². The first-order valence-electron chi connectivity index (χ1n) is 7.51. The van der Waals surface area contributed by atoms with Crippen molar-refractivity contribution >= 4 is 0 Å². The Morgan fingerprint density at radius 3 is 2.37 bits per heavy atom. The summed E-state index contributed by atoms with van der Waals surface area (Å²) >= 11 is 0. The Morgan fingerprint density at radius 2 is 1.84 bits per heavy atom. The van der Waals surface area contributed by atoms with E-state index < -0.39 is 0 Å². The van der Waals surface area contributed by atoms with Gasteiger partial charge in [-0.1, -0.05) is 17.7 Å². The maximum atomic E-state index is 3.52. The van der Waals surface area contributed by atoms with Crippen molar-refractivity contribution in [1.82, 2.24) is 10.2 Å². The van der Waals surface area contributed by atoms with E-state index in [9.17, 15) is 0 Å². The molecule has 2 nitrogen and oxygen atoms in total. The van der Waals surface area contributed by atoms with Crippen molar-refractivity contribution in [2.45, 2.75) is 52.6 Å².